The van der Waals surface area contributed by atoms with Crippen LogP contribution in [0.1, 0.15) is 38.1 Å². The van der Waals surface area contributed by atoms with E-state index in [1.165, 1.54) is 0 Å². The van der Waals surface area contributed by atoms with E-state index in [1.807, 2.05) is 27.7 Å². The average Bonchev–Trinajstić information content (AvgIpc) is 2.43. The van der Waals surface area contributed by atoms with Gasteiger partial charge in [-0.2, -0.15) is 0 Å². The topological polar surface area (TPSA) is 70.6 Å². The fourth-order valence-corrected chi connectivity index (χ4v) is 1.64. The third-order valence-electron chi connectivity index (χ3n) is 2.76. The van der Waals surface area contributed by atoms with E-state index in [1.54, 1.807) is 24.3 Å². The molecule has 1 amide bonds. The lowest BCUT2D eigenvalue weighted by atomic mass is 10.1. The van der Waals surface area contributed by atoms with Gasteiger partial charge in [0, 0.05) is 24.2 Å². The van der Waals surface area contributed by atoms with E-state index < -0.39 is 6.10 Å². The molecule has 0 spiro atoms. The zero-order valence-corrected chi connectivity index (χ0v) is 13.3. The van der Waals surface area contributed by atoms with Crippen LogP contribution in [0.2, 0.25) is 0 Å². The van der Waals surface area contributed by atoms with Gasteiger partial charge in [-0.05, 0) is 52.0 Å². The summed E-state index contributed by atoms with van der Waals surface area (Å²) < 4.78 is 5.51. The SMILES string of the molecule is CCNC(=O)c1ccc(OC[C@H](O)CNC(C)(C)C)cc1. The molecule has 0 fully saturated rings. The largest absolute Gasteiger partial charge is 0.491 e. The number of benzene rings is 1. The maximum Gasteiger partial charge on any atom is 0.251 e. The third-order valence-corrected chi connectivity index (χ3v) is 2.76. The number of rotatable bonds is 7. The average molecular weight is 294 g/mol. The van der Waals surface area contributed by atoms with E-state index in [0.717, 1.165) is 0 Å². The van der Waals surface area contributed by atoms with Crippen LogP contribution in [0.25, 0.3) is 0 Å². The number of hydrogen-bond donors (Lipinski definition) is 3. The third kappa shape index (κ3) is 7.11. The quantitative estimate of drug-likeness (QED) is 0.714. The smallest absolute Gasteiger partial charge is 0.251 e. The van der Waals surface area contributed by atoms with Crippen molar-refractivity contribution in [2.24, 2.45) is 0 Å². The Bertz CT molecular complexity index is 438. The molecule has 0 unspecified atom stereocenters. The summed E-state index contributed by atoms with van der Waals surface area (Å²) in [5.74, 6) is 0.538. The Morgan fingerprint density at radius 2 is 1.90 bits per heavy atom. The molecule has 1 aromatic rings. The second-order valence-corrected chi connectivity index (χ2v) is 5.98. The minimum Gasteiger partial charge on any atom is -0.491 e. The Balaban J connectivity index is 2.40. The lowest BCUT2D eigenvalue weighted by molar-refractivity contribution is 0.0954. The zero-order valence-electron chi connectivity index (χ0n) is 13.3. The molecule has 0 saturated heterocycles. The molecule has 1 aromatic carbocycles. The van der Waals surface area contributed by atoms with Gasteiger partial charge >= 0.3 is 0 Å². The molecule has 0 bridgehead atoms. The molecule has 5 nitrogen and oxygen atoms in total. The van der Waals surface area contributed by atoms with Crippen molar-refractivity contribution in [2.45, 2.75) is 39.3 Å². The first kappa shape index (κ1) is 17.5. The summed E-state index contributed by atoms with van der Waals surface area (Å²) in [6.07, 6.45) is -0.577. The standard InChI is InChI=1S/C16H26N2O3/c1-5-17-15(20)12-6-8-14(9-7-12)21-11-13(19)10-18-16(2,3)4/h6-9,13,18-19H,5,10-11H2,1-4H3,(H,17,20)/t13-/m1/s1. The minimum atomic E-state index is -0.577. The molecule has 0 radical (unpaired) electrons. The van der Waals surface area contributed by atoms with E-state index in [9.17, 15) is 9.90 Å². The minimum absolute atomic E-state index is 0.0325. The van der Waals surface area contributed by atoms with Crippen molar-refractivity contribution in [2.75, 3.05) is 19.7 Å². The molecule has 21 heavy (non-hydrogen) atoms. The molecule has 1 atom stereocenters. The van der Waals surface area contributed by atoms with Gasteiger partial charge in [0.25, 0.3) is 5.91 Å². The zero-order chi connectivity index (χ0) is 15.9. The number of carbonyl (C=O) groups excluding carboxylic acids is 1. The van der Waals surface area contributed by atoms with Gasteiger partial charge in [0.1, 0.15) is 18.5 Å². The summed E-state index contributed by atoms with van der Waals surface area (Å²) in [4.78, 5) is 11.6. The van der Waals surface area contributed by atoms with Crippen molar-refractivity contribution >= 4 is 5.91 Å². The summed E-state index contributed by atoms with van der Waals surface area (Å²) in [6.45, 7) is 9.29. The number of hydrogen-bond acceptors (Lipinski definition) is 4. The van der Waals surface area contributed by atoms with Crippen molar-refractivity contribution in [1.82, 2.24) is 10.6 Å². The number of amides is 1. The van der Waals surface area contributed by atoms with Crippen molar-refractivity contribution in [1.29, 1.82) is 0 Å². The van der Waals surface area contributed by atoms with Crippen LogP contribution in [-0.2, 0) is 0 Å². The van der Waals surface area contributed by atoms with Crippen LogP contribution in [0.4, 0.5) is 0 Å². The number of aliphatic hydroxyl groups is 1. The predicted octanol–water partition coefficient (Wildman–Crippen LogP) is 1.56. The lowest BCUT2D eigenvalue weighted by Gasteiger charge is -2.22. The molecule has 0 aliphatic rings. The molecule has 0 aromatic heterocycles. The van der Waals surface area contributed by atoms with Crippen LogP contribution in [-0.4, -0.2) is 42.4 Å². The normalized spacial score (nSPS) is 12.8. The van der Waals surface area contributed by atoms with Gasteiger partial charge in [-0.1, -0.05) is 0 Å². The number of ether oxygens (including phenoxy) is 1. The van der Waals surface area contributed by atoms with Crippen molar-refractivity contribution in [3.8, 4) is 5.75 Å². The first-order valence-corrected chi connectivity index (χ1v) is 7.26. The van der Waals surface area contributed by atoms with Gasteiger partial charge in [-0.15, -0.1) is 0 Å². The fourth-order valence-electron chi connectivity index (χ4n) is 1.64. The Labute approximate surface area is 126 Å². The van der Waals surface area contributed by atoms with Crippen molar-refractivity contribution in [3.05, 3.63) is 29.8 Å². The Hall–Kier alpha value is -1.59. The van der Waals surface area contributed by atoms with Gasteiger partial charge in [0.2, 0.25) is 0 Å². The number of nitrogens with one attached hydrogen (secondary N) is 2. The van der Waals surface area contributed by atoms with Gasteiger partial charge in [-0.3, -0.25) is 4.79 Å². The highest BCUT2D eigenvalue weighted by atomic mass is 16.5. The molecule has 0 saturated carbocycles. The number of β-amino-alcohol motifs (C(OH)–C–C–N with tert-alkyl or cyclic N) is 1. The van der Waals surface area contributed by atoms with E-state index in [0.29, 0.717) is 24.4 Å². The van der Waals surface area contributed by atoms with Crippen molar-refractivity contribution in [3.63, 3.8) is 0 Å². The Kier molecular flexibility index (Phi) is 6.65. The maximum atomic E-state index is 11.6. The summed E-state index contributed by atoms with van der Waals surface area (Å²) in [5, 5.41) is 15.8. The van der Waals surface area contributed by atoms with Gasteiger partial charge in [0.05, 0.1) is 0 Å². The second-order valence-electron chi connectivity index (χ2n) is 5.98. The second kappa shape index (κ2) is 8.00. The highest BCUT2D eigenvalue weighted by molar-refractivity contribution is 5.94. The first-order chi connectivity index (χ1) is 9.81. The summed E-state index contributed by atoms with van der Waals surface area (Å²) in [5.41, 5.74) is 0.564. The van der Waals surface area contributed by atoms with E-state index in [-0.39, 0.29) is 18.1 Å². The van der Waals surface area contributed by atoms with Gasteiger partial charge in [0.15, 0.2) is 0 Å². The highest BCUT2D eigenvalue weighted by Crippen LogP contribution is 2.12. The van der Waals surface area contributed by atoms with Crippen LogP contribution in [0.15, 0.2) is 24.3 Å². The lowest BCUT2D eigenvalue weighted by Crippen LogP contribution is -2.42. The Morgan fingerprint density at radius 1 is 1.29 bits per heavy atom. The molecular formula is C16H26N2O3. The number of aliphatic hydroxyl groups excluding tert-OH is 1. The van der Waals surface area contributed by atoms with E-state index in [2.05, 4.69) is 10.6 Å². The van der Waals surface area contributed by atoms with E-state index >= 15 is 0 Å². The maximum absolute atomic E-state index is 11.6. The summed E-state index contributed by atoms with van der Waals surface area (Å²) >= 11 is 0. The molecular weight excluding hydrogens is 268 g/mol. The first-order valence-electron chi connectivity index (χ1n) is 7.26. The van der Waals surface area contributed by atoms with Crippen LogP contribution in [0.5, 0.6) is 5.75 Å². The molecule has 1 rings (SSSR count). The molecule has 3 N–H and O–H groups in total. The molecule has 0 aliphatic carbocycles. The number of carbonyl (C=O) groups is 1. The fraction of sp³-hybridized carbons (Fsp3) is 0.562. The van der Waals surface area contributed by atoms with Crippen LogP contribution >= 0.6 is 0 Å². The highest BCUT2D eigenvalue weighted by Gasteiger charge is 2.12. The van der Waals surface area contributed by atoms with Gasteiger partial charge in [-0.25, -0.2) is 0 Å². The predicted molar refractivity (Wildman–Crippen MR) is 83.7 cm³/mol. The van der Waals surface area contributed by atoms with Crippen LogP contribution in [0, 0.1) is 0 Å². The summed E-state index contributed by atoms with van der Waals surface area (Å²) in [7, 11) is 0. The van der Waals surface area contributed by atoms with Crippen molar-refractivity contribution < 1.29 is 14.6 Å². The monoisotopic (exact) mass is 294 g/mol. The summed E-state index contributed by atoms with van der Waals surface area (Å²) in [6, 6.07) is 6.88. The molecule has 5 heteroatoms. The molecule has 0 heterocycles. The van der Waals surface area contributed by atoms with Gasteiger partial charge < -0.3 is 20.5 Å². The van der Waals surface area contributed by atoms with Crippen LogP contribution in [0.3, 0.4) is 0 Å². The van der Waals surface area contributed by atoms with E-state index in [4.69, 9.17) is 4.74 Å². The van der Waals surface area contributed by atoms with Crippen LogP contribution < -0.4 is 15.4 Å². The molecule has 118 valence electrons. The molecule has 0 aliphatic heterocycles. The Morgan fingerprint density at radius 3 is 2.43 bits per heavy atom.